The molecule has 0 saturated heterocycles. The number of para-hydroxylation sites is 1. The molecule has 3 heterocycles. The summed E-state index contributed by atoms with van der Waals surface area (Å²) in [4.78, 5) is 11.9. The minimum absolute atomic E-state index is 0.162. The first-order valence-electron chi connectivity index (χ1n) is 8.81. The Bertz CT molecular complexity index is 1060. The van der Waals surface area contributed by atoms with Gasteiger partial charge >= 0.3 is 6.61 Å². The zero-order valence-corrected chi connectivity index (χ0v) is 14.9. The quantitative estimate of drug-likeness (QED) is 0.485. The molecule has 0 spiro atoms. The van der Waals surface area contributed by atoms with Gasteiger partial charge in [0.25, 0.3) is 0 Å². The summed E-state index contributed by atoms with van der Waals surface area (Å²) in [6, 6.07) is 14.5. The van der Waals surface area contributed by atoms with Crippen LogP contribution in [0.15, 0.2) is 67.1 Å². The van der Waals surface area contributed by atoms with Crippen LogP contribution in [0, 0.1) is 0 Å². The summed E-state index contributed by atoms with van der Waals surface area (Å²) < 4.78 is 29.5. The first-order valence-corrected chi connectivity index (χ1v) is 8.81. The zero-order chi connectivity index (χ0) is 19.3. The number of aromatic amines is 1. The van der Waals surface area contributed by atoms with Gasteiger partial charge in [0.05, 0.1) is 0 Å². The topological polar surface area (TPSA) is 62.8 Å². The van der Waals surface area contributed by atoms with E-state index in [2.05, 4.69) is 25.0 Å². The largest absolute Gasteiger partial charge is 0.434 e. The van der Waals surface area contributed by atoms with Crippen molar-refractivity contribution in [1.29, 1.82) is 0 Å². The van der Waals surface area contributed by atoms with Crippen LogP contribution in [0.3, 0.4) is 0 Å². The van der Waals surface area contributed by atoms with Crippen LogP contribution in [0.4, 0.5) is 14.6 Å². The molecule has 4 rings (SSSR count). The number of hydrogen-bond acceptors (Lipinski definition) is 4. The number of aromatic nitrogens is 3. The van der Waals surface area contributed by atoms with Crippen LogP contribution in [0.5, 0.6) is 5.75 Å². The van der Waals surface area contributed by atoms with E-state index in [0.29, 0.717) is 17.9 Å². The van der Waals surface area contributed by atoms with E-state index < -0.39 is 6.61 Å². The Kier molecular flexibility index (Phi) is 5.14. The highest BCUT2D eigenvalue weighted by Gasteiger charge is 2.09. The van der Waals surface area contributed by atoms with Crippen LogP contribution in [-0.4, -0.2) is 21.6 Å². The summed E-state index contributed by atoms with van der Waals surface area (Å²) in [6.45, 7) is -2.51. The maximum atomic E-state index is 12.5. The fourth-order valence-electron chi connectivity index (χ4n) is 3.06. The lowest BCUT2D eigenvalue weighted by Crippen LogP contribution is -2.07. The Balaban J connectivity index is 1.41. The highest BCUT2D eigenvalue weighted by atomic mass is 19.3. The van der Waals surface area contributed by atoms with Gasteiger partial charge in [-0.1, -0.05) is 24.3 Å². The smallest absolute Gasteiger partial charge is 0.387 e. The third kappa shape index (κ3) is 4.09. The molecule has 0 amide bonds. The summed E-state index contributed by atoms with van der Waals surface area (Å²) in [6.07, 6.45) is 6.27. The van der Waals surface area contributed by atoms with Crippen LogP contribution in [0.25, 0.3) is 11.0 Å². The molecule has 5 nitrogen and oxygen atoms in total. The van der Waals surface area contributed by atoms with E-state index >= 15 is 0 Å². The number of anilines is 1. The van der Waals surface area contributed by atoms with Gasteiger partial charge in [-0.15, -0.1) is 0 Å². The molecule has 7 heteroatoms. The molecule has 0 fully saturated rings. The van der Waals surface area contributed by atoms with Gasteiger partial charge in [-0.05, 0) is 35.4 Å². The second-order valence-corrected chi connectivity index (χ2v) is 6.28. The standard InChI is InChI=1S/C21H18F2N4O/c22-21(23)28-18-6-2-1-4-15(18)12-26-19-8-7-14(11-25-19)10-16-13-27-20-17(16)5-3-9-24-20/h1-9,11,13,21H,10,12H2,(H,24,27)(H,25,26). The number of pyridine rings is 2. The number of alkyl halides is 2. The van der Waals surface area contributed by atoms with Crippen LogP contribution >= 0.6 is 0 Å². The van der Waals surface area contributed by atoms with Crippen molar-refractivity contribution in [3.8, 4) is 5.75 Å². The lowest BCUT2D eigenvalue weighted by atomic mass is 10.1. The van der Waals surface area contributed by atoms with E-state index in [1.54, 1.807) is 30.6 Å². The number of hydrogen-bond donors (Lipinski definition) is 2. The predicted octanol–water partition coefficient (Wildman–Crippen LogP) is 4.76. The maximum absolute atomic E-state index is 12.5. The minimum Gasteiger partial charge on any atom is -0.434 e. The zero-order valence-electron chi connectivity index (χ0n) is 14.9. The second-order valence-electron chi connectivity index (χ2n) is 6.28. The van der Waals surface area contributed by atoms with Crippen molar-refractivity contribution in [2.75, 3.05) is 5.32 Å². The molecule has 0 radical (unpaired) electrons. The summed E-state index contributed by atoms with van der Waals surface area (Å²) in [5.74, 6) is 0.825. The highest BCUT2D eigenvalue weighted by molar-refractivity contribution is 5.79. The Morgan fingerprint density at radius 1 is 1.00 bits per heavy atom. The molecule has 0 aliphatic heterocycles. The second kappa shape index (κ2) is 8.04. The molecule has 0 aliphatic rings. The summed E-state index contributed by atoms with van der Waals surface area (Å²) in [7, 11) is 0. The van der Waals surface area contributed by atoms with Gasteiger partial charge in [0.1, 0.15) is 17.2 Å². The van der Waals surface area contributed by atoms with Gasteiger partial charge in [0.15, 0.2) is 0 Å². The average Bonchev–Trinajstić information content (AvgIpc) is 3.11. The number of benzene rings is 1. The summed E-state index contributed by atoms with van der Waals surface area (Å²) in [5, 5.41) is 4.24. The minimum atomic E-state index is -2.85. The molecule has 0 bridgehead atoms. The number of nitrogens with zero attached hydrogens (tertiary/aromatic N) is 2. The van der Waals surface area contributed by atoms with Crippen LogP contribution in [-0.2, 0) is 13.0 Å². The first-order chi connectivity index (χ1) is 13.7. The highest BCUT2D eigenvalue weighted by Crippen LogP contribution is 2.22. The lowest BCUT2D eigenvalue weighted by Gasteiger charge is -2.12. The van der Waals surface area contributed by atoms with Gasteiger partial charge in [0, 0.05) is 42.5 Å². The van der Waals surface area contributed by atoms with Gasteiger partial charge in [-0.2, -0.15) is 8.78 Å². The molecular formula is C21H18F2N4O. The van der Waals surface area contributed by atoms with Crippen molar-refractivity contribution >= 4 is 16.9 Å². The molecule has 28 heavy (non-hydrogen) atoms. The molecule has 4 aromatic rings. The Hall–Kier alpha value is -3.48. The number of halogens is 2. The third-order valence-electron chi connectivity index (χ3n) is 4.40. The third-order valence-corrected chi connectivity index (χ3v) is 4.40. The molecule has 1 aromatic carbocycles. The van der Waals surface area contributed by atoms with Crippen molar-refractivity contribution in [2.24, 2.45) is 0 Å². The van der Waals surface area contributed by atoms with Crippen molar-refractivity contribution in [3.63, 3.8) is 0 Å². The van der Waals surface area contributed by atoms with Crippen LogP contribution in [0.1, 0.15) is 16.7 Å². The van der Waals surface area contributed by atoms with E-state index in [-0.39, 0.29) is 5.75 Å². The molecule has 0 atom stereocenters. The van der Waals surface area contributed by atoms with E-state index in [1.165, 1.54) is 6.07 Å². The van der Waals surface area contributed by atoms with E-state index in [9.17, 15) is 8.78 Å². The average molecular weight is 380 g/mol. The van der Waals surface area contributed by atoms with E-state index in [1.807, 2.05) is 30.5 Å². The van der Waals surface area contributed by atoms with E-state index in [0.717, 1.165) is 28.6 Å². The van der Waals surface area contributed by atoms with Crippen LogP contribution < -0.4 is 10.1 Å². The van der Waals surface area contributed by atoms with Gasteiger partial charge in [-0.3, -0.25) is 0 Å². The van der Waals surface area contributed by atoms with E-state index in [4.69, 9.17) is 0 Å². The lowest BCUT2D eigenvalue weighted by molar-refractivity contribution is -0.0504. The molecule has 2 N–H and O–H groups in total. The van der Waals surface area contributed by atoms with Crippen molar-refractivity contribution in [3.05, 3.63) is 83.8 Å². The fourth-order valence-corrected chi connectivity index (χ4v) is 3.06. The first kappa shape index (κ1) is 17.9. The van der Waals surface area contributed by atoms with Gasteiger partial charge < -0.3 is 15.0 Å². The molecule has 0 saturated carbocycles. The molecular weight excluding hydrogens is 362 g/mol. The number of nitrogens with one attached hydrogen (secondary N) is 2. The number of H-pyrrole nitrogens is 1. The molecule has 0 aliphatic carbocycles. The Morgan fingerprint density at radius 3 is 2.71 bits per heavy atom. The number of ether oxygens (including phenoxy) is 1. The molecule has 0 unspecified atom stereocenters. The normalized spacial score (nSPS) is 11.1. The molecule has 142 valence electrons. The van der Waals surface area contributed by atoms with Gasteiger partial charge in [0.2, 0.25) is 0 Å². The van der Waals surface area contributed by atoms with Crippen LogP contribution in [0.2, 0.25) is 0 Å². The Morgan fingerprint density at radius 2 is 1.89 bits per heavy atom. The summed E-state index contributed by atoms with van der Waals surface area (Å²) in [5.41, 5.74) is 3.73. The van der Waals surface area contributed by atoms with Gasteiger partial charge in [-0.25, -0.2) is 9.97 Å². The van der Waals surface area contributed by atoms with Crippen molar-refractivity contribution in [1.82, 2.24) is 15.0 Å². The predicted molar refractivity (Wildman–Crippen MR) is 104 cm³/mol. The SMILES string of the molecule is FC(F)Oc1ccccc1CNc1ccc(Cc2c[nH]c3ncccc23)cn1. The monoisotopic (exact) mass is 380 g/mol. The fraction of sp³-hybridized carbons (Fsp3) is 0.143. The maximum Gasteiger partial charge on any atom is 0.387 e. The van der Waals surface area contributed by atoms with Crippen molar-refractivity contribution < 1.29 is 13.5 Å². The number of fused-ring (bicyclic) bond motifs is 1. The Labute approximate surface area is 160 Å². The van der Waals surface area contributed by atoms with Crippen molar-refractivity contribution in [2.45, 2.75) is 19.6 Å². The number of rotatable bonds is 7. The summed E-state index contributed by atoms with van der Waals surface area (Å²) >= 11 is 0. The molecule has 3 aromatic heterocycles.